The van der Waals surface area contributed by atoms with Crippen LogP contribution in [-0.4, -0.2) is 38.6 Å². The van der Waals surface area contributed by atoms with Crippen LogP contribution < -0.4 is 10.1 Å². The Morgan fingerprint density at radius 1 is 1.18 bits per heavy atom. The second-order valence-corrected chi connectivity index (χ2v) is 7.35. The number of para-hydroxylation sites is 1. The Balaban J connectivity index is 1.71. The number of nitrogens with one attached hydrogen (secondary N) is 1. The van der Waals surface area contributed by atoms with Gasteiger partial charge in [0.1, 0.15) is 11.3 Å². The number of methoxy groups -OCH3 is 1. The number of aryl methyl sites for hydroxylation is 2. The van der Waals surface area contributed by atoms with E-state index in [0.717, 1.165) is 33.4 Å². The van der Waals surface area contributed by atoms with Gasteiger partial charge in [0.2, 0.25) is 5.91 Å². The van der Waals surface area contributed by atoms with E-state index in [1.807, 2.05) is 51.4 Å². The lowest BCUT2D eigenvalue weighted by Gasteiger charge is -2.26. The Morgan fingerprint density at radius 2 is 1.93 bits per heavy atom. The summed E-state index contributed by atoms with van der Waals surface area (Å²) in [5, 5.41) is 4.07. The predicted octanol–water partition coefficient (Wildman–Crippen LogP) is 4.02. The summed E-state index contributed by atoms with van der Waals surface area (Å²) in [6.07, 6.45) is 1.99. The standard InChI is InChI=1S/C23H28N2O3/c1-15-10-11-18-17(14-28-23(18)16(15)2)12-22(26)24-13-20(25(3)4)19-8-6-7-9-21(19)27-5/h6-11,14,20H,12-13H2,1-5H3,(H,24,26)/t20-/m1/s1. The van der Waals surface area contributed by atoms with Crippen molar-refractivity contribution in [3.63, 3.8) is 0 Å². The number of carbonyl (C=O) groups excluding carboxylic acids is 1. The van der Waals surface area contributed by atoms with Crippen LogP contribution in [0.5, 0.6) is 5.75 Å². The summed E-state index contributed by atoms with van der Waals surface area (Å²) in [7, 11) is 5.66. The van der Waals surface area contributed by atoms with Crippen molar-refractivity contribution in [3.8, 4) is 5.75 Å². The molecule has 1 heterocycles. The van der Waals surface area contributed by atoms with E-state index in [1.165, 1.54) is 5.56 Å². The van der Waals surface area contributed by atoms with Crippen LogP contribution in [0.25, 0.3) is 11.0 Å². The lowest BCUT2D eigenvalue weighted by atomic mass is 10.0. The van der Waals surface area contributed by atoms with Gasteiger partial charge in [-0.3, -0.25) is 4.79 Å². The minimum Gasteiger partial charge on any atom is -0.496 e. The number of hydrogen-bond acceptors (Lipinski definition) is 4. The maximum atomic E-state index is 12.6. The molecule has 0 spiro atoms. The molecule has 0 unspecified atom stereocenters. The number of carbonyl (C=O) groups is 1. The zero-order chi connectivity index (χ0) is 20.3. The van der Waals surface area contributed by atoms with Crippen LogP contribution in [0.1, 0.15) is 28.3 Å². The van der Waals surface area contributed by atoms with Gasteiger partial charge in [0.05, 0.1) is 25.8 Å². The molecule has 1 atom stereocenters. The lowest BCUT2D eigenvalue weighted by molar-refractivity contribution is -0.120. The molecule has 3 aromatic rings. The summed E-state index contributed by atoms with van der Waals surface area (Å²) in [5.74, 6) is 0.796. The molecule has 0 saturated heterocycles. The van der Waals surface area contributed by atoms with Gasteiger partial charge in [-0.05, 0) is 45.1 Å². The van der Waals surface area contributed by atoms with Crippen LogP contribution >= 0.6 is 0 Å². The molecule has 0 aliphatic carbocycles. The fourth-order valence-corrected chi connectivity index (χ4v) is 3.48. The van der Waals surface area contributed by atoms with Gasteiger partial charge in [0, 0.05) is 23.1 Å². The number of furan rings is 1. The number of nitrogens with zero attached hydrogens (tertiary/aromatic N) is 1. The van der Waals surface area contributed by atoms with Crippen LogP contribution in [0.15, 0.2) is 47.1 Å². The number of rotatable bonds is 7. The van der Waals surface area contributed by atoms with Gasteiger partial charge in [0.25, 0.3) is 0 Å². The van der Waals surface area contributed by atoms with E-state index in [0.29, 0.717) is 13.0 Å². The molecule has 0 saturated carbocycles. The van der Waals surface area contributed by atoms with Crippen molar-refractivity contribution in [2.75, 3.05) is 27.7 Å². The van der Waals surface area contributed by atoms with Crippen LogP contribution in [0.3, 0.4) is 0 Å². The van der Waals surface area contributed by atoms with Crippen molar-refractivity contribution < 1.29 is 13.9 Å². The second-order valence-electron chi connectivity index (χ2n) is 7.35. The van der Waals surface area contributed by atoms with Crippen molar-refractivity contribution in [1.82, 2.24) is 10.2 Å². The van der Waals surface area contributed by atoms with Crippen LogP contribution in [0, 0.1) is 13.8 Å². The van der Waals surface area contributed by atoms with Crippen molar-refractivity contribution >= 4 is 16.9 Å². The first-order chi connectivity index (χ1) is 13.4. The van der Waals surface area contributed by atoms with E-state index in [1.54, 1.807) is 13.4 Å². The maximum absolute atomic E-state index is 12.6. The van der Waals surface area contributed by atoms with Gasteiger partial charge in [0.15, 0.2) is 0 Å². The van der Waals surface area contributed by atoms with Crippen molar-refractivity contribution in [2.24, 2.45) is 0 Å². The van der Waals surface area contributed by atoms with E-state index < -0.39 is 0 Å². The topological polar surface area (TPSA) is 54.7 Å². The van der Waals surface area contributed by atoms with Gasteiger partial charge < -0.3 is 19.4 Å². The van der Waals surface area contributed by atoms with Crippen molar-refractivity contribution in [3.05, 3.63) is 64.9 Å². The van der Waals surface area contributed by atoms with E-state index in [4.69, 9.17) is 9.15 Å². The van der Waals surface area contributed by atoms with E-state index >= 15 is 0 Å². The molecule has 28 heavy (non-hydrogen) atoms. The fraction of sp³-hybridized carbons (Fsp3) is 0.348. The van der Waals surface area contributed by atoms with Gasteiger partial charge in [-0.1, -0.05) is 30.3 Å². The van der Waals surface area contributed by atoms with Gasteiger partial charge in [-0.25, -0.2) is 0 Å². The van der Waals surface area contributed by atoms with E-state index in [9.17, 15) is 4.79 Å². The normalized spacial score (nSPS) is 12.4. The summed E-state index contributed by atoms with van der Waals surface area (Å²) in [6, 6.07) is 12.0. The molecule has 1 N–H and O–H groups in total. The van der Waals surface area contributed by atoms with E-state index in [-0.39, 0.29) is 11.9 Å². The zero-order valence-electron chi connectivity index (χ0n) is 17.2. The van der Waals surface area contributed by atoms with Crippen molar-refractivity contribution in [2.45, 2.75) is 26.3 Å². The summed E-state index contributed by atoms with van der Waals surface area (Å²) < 4.78 is 11.2. The SMILES string of the molecule is COc1ccccc1[C@@H](CNC(=O)Cc1coc2c(C)c(C)ccc12)N(C)C. The van der Waals surface area contributed by atoms with Crippen LogP contribution in [0.4, 0.5) is 0 Å². The number of ether oxygens (including phenoxy) is 1. The van der Waals surface area contributed by atoms with Crippen LogP contribution in [0.2, 0.25) is 0 Å². The molecule has 148 valence electrons. The molecule has 2 aromatic carbocycles. The molecule has 1 amide bonds. The molecule has 0 radical (unpaired) electrons. The molecule has 3 rings (SSSR count). The number of amides is 1. The largest absolute Gasteiger partial charge is 0.496 e. The first-order valence-corrected chi connectivity index (χ1v) is 9.44. The quantitative estimate of drug-likeness (QED) is 0.673. The minimum atomic E-state index is -0.0253. The summed E-state index contributed by atoms with van der Waals surface area (Å²) in [4.78, 5) is 14.7. The highest BCUT2D eigenvalue weighted by Crippen LogP contribution is 2.28. The van der Waals surface area contributed by atoms with Gasteiger partial charge in [-0.2, -0.15) is 0 Å². The summed E-state index contributed by atoms with van der Waals surface area (Å²) in [6.45, 7) is 4.60. The third-order valence-corrected chi connectivity index (χ3v) is 5.31. The van der Waals surface area contributed by atoms with E-state index in [2.05, 4.69) is 23.2 Å². The molecule has 0 fully saturated rings. The van der Waals surface area contributed by atoms with Crippen LogP contribution in [-0.2, 0) is 11.2 Å². The Bertz CT molecular complexity index is 975. The average Bonchev–Trinajstić information content (AvgIpc) is 3.08. The highest BCUT2D eigenvalue weighted by atomic mass is 16.5. The molecule has 0 aliphatic heterocycles. The smallest absolute Gasteiger partial charge is 0.224 e. The highest BCUT2D eigenvalue weighted by molar-refractivity contribution is 5.89. The molecule has 0 bridgehead atoms. The molecule has 0 aliphatic rings. The Hall–Kier alpha value is -2.79. The minimum absolute atomic E-state index is 0.0195. The zero-order valence-corrected chi connectivity index (χ0v) is 17.2. The highest BCUT2D eigenvalue weighted by Gasteiger charge is 2.20. The number of hydrogen-bond donors (Lipinski definition) is 1. The number of likely N-dealkylation sites (N-methyl/N-ethyl adjacent to an activating group) is 1. The fourth-order valence-electron chi connectivity index (χ4n) is 3.48. The molecule has 5 nitrogen and oxygen atoms in total. The van der Waals surface area contributed by atoms with Crippen molar-refractivity contribution in [1.29, 1.82) is 0 Å². The third kappa shape index (κ3) is 4.04. The number of benzene rings is 2. The first kappa shape index (κ1) is 20.0. The molecular weight excluding hydrogens is 352 g/mol. The predicted molar refractivity (Wildman–Crippen MR) is 112 cm³/mol. The Morgan fingerprint density at radius 3 is 2.64 bits per heavy atom. The average molecular weight is 380 g/mol. The molecule has 5 heteroatoms. The Kier molecular flexibility index (Phi) is 6.05. The monoisotopic (exact) mass is 380 g/mol. The lowest BCUT2D eigenvalue weighted by Crippen LogP contribution is -2.35. The number of fused-ring (bicyclic) bond motifs is 1. The molecule has 1 aromatic heterocycles. The molecular formula is C23H28N2O3. The van der Waals surface area contributed by atoms with Gasteiger partial charge >= 0.3 is 0 Å². The summed E-state index contributed by atoms with van der Waals surface area (Å²) >= 11 is 0. The third-order valence-electron chi connectivity index (χ3n) is 5.31. The Labute approximate surface area is 166 Å². The summed E-state index contributed by atoms with van der Waals surface area (Å²) in [5.41, 5.74) is 5.13. The first-order valence-electron chi connectivity index (χ1n) is 9.44. The maximum Gasteiger partial charge on any atom is 0.224 e. The van der Waals surface area contributed by atoms with Gasteiger partial charge in [-0.15, -0.1) is 0 Å². The second kappa shape index (κ2) is 8.48.